The highest BCUT2D eigenvalue weighted by molar-refractivity contribution is 8.18. The van der Waals surface area contributed by atoms with Gasteiger partial charge in [-0.1, -0.05) is 54.6 Å². The van der Waals surface area contributed by atoms with E-state index in [0.717, 1.165) is 11.1 Å². The first-order valence-corrected chi connectivity index (χ1v) is 6.97. The minimum atomic E-state index is -0.264. The smallest absolute Gasteiger partial charge is 0.286 e. The van der Waals surface area contributed by atoms with E-state index in [2.05, 4.69) is 17.1 Å². The molecule has 1 amide bonds. The molecular formula is C16H12N2OS. The van der Waals surface area contributed by atoms with Crippen molar-refractivity contribution in [1.29, 1.82) is 0 Å². The van der Waals surface area contributed by atoms with Crippen LogP contribution in [0.4, 0.5) is 0 Å². The fraction of sp³-hybridized carbons (Fsp3) is 0. The molecule has 4 heteroatoms. The van der Waals surface area contributed by atoms with E-state index in [0.29, 0.717) is 10.1 Å². The van der Waals surface area contributed by atoms with Crippen molar-refractivity contribution in [3.05, 3.63) is 65.1 Å². The molecule has 0 aliphatic carbocycles. The number of thioether (sulfide) groups is 1. The van der Waals surface area contributed by atoms with Crippen molar-refractivity contribution in [1.82, 2.24) is 0 Å². The summed E-state index contributed by atoms with van der Waals surface area (Å²) in [5.41, 5.74) is 8.80. The zero-order chi connectivity index (χ0) is 13.9. The second-order valence-corrected chi connectivity index (χ2v) is 5.42. The summed E-state index contributed by atoms with van der Waals surface area (Å²) in [6, 6.07) is 18.2. The lowest BCUT2D eigenvalue weighted by Crippen LogP contribution is -2.01. The molecule has 0 atom stereocenters. The van der Waals surface area contributed by atoms with Gasteiger partial charge >= 0.3 is 0 Å². The van der Waals surface area contributed by atoms with Gasteiger partial charge in [0.15, 0.2) is 5.17 Å². The fourth-order valence-electron chi connectivity index (χ4n) is 1.98. The summed E-state index contributed by atoms with van der Waals surface area (Å²) in [7, 11) is 0. The highest BCUT2D eigenvalue weighted by Gasteiger charge is 2.19. The molecule has 0 aromatic heterocycles. The van der Waals surface area contributed by atoms with Crippen LogP contribution in [-0.4, -0.2) is 11.1 Å². The maximum absolute atomic E-state index is 11.5. The molecule has 0 unspecified atom stereocenters. The summed E-state index contributed by atoms with van der Waals surface area (Å²) in [5.74, 6) is -0.264. The molecule has 1 aliphatic heterocycles. The highest BCUT2D eigenvalue weighted by Crippen LogP contribution is 2.27. The molecule has 0 spiro atoms. The molecule has 2 aromatic carbocycles. The number of hydrogen-bond donors (Lipinski definition) is 1. The molecule has 3 rings (SSSR count). The minimum absolute atomic E-state index is 0.264. The van der Waals surface area contributed by atoms with Crippen molar-refractivity contribution in [2.45, 2.75) is 0 Å². The largest absolute Gasteiger partial charge is 0.378 e. The van der Waals surface area contributed by atoms with E-state index < -0.39 is 0 Å². The predicted molar refractivity (Wildman–Crippen MR) is 84.1 cm³/mol. The number of carbonyl (C=O) groups is 1. The Hall–Kier alpha value is -2.33. The van der Waals surface area contributed by atoms with Gasteiger partial charge in [0.1, 0.15) is 0 Å². The topological polar surface area (TPSA) is 55.4 Å². The lowest BCUT2D eigenvalue weighted by atomic mass is 10.0. The normalized spacial score (nSPS) is 16.5. The van der Waals surface area contributed by atoms with Gasteiger partial charge in [-0.2, -0.15) is 4.99 Å². The molecule has 2 N–H and O–H groups in total. The van der Waals surface area contributed by atoms with Gasteiger partial charge in [0.05, 0.1) is 4.91 Å². The summed E-state index contributed by atoms with van der Waals surface area (Å²) in [5, 5.41) is 0.308. The molecule has 1 aliphatic rings. The van der Waals surface area contributed by atoms with Crippen LogP contribution in [-0.2, 0) is 4.79 Å². The third-order valence-corrected chi connectivity index (χ3v) is 3.77. The fourth-order valence-corrected chi connectivity index (χ4v) is 2.66. The van der Waals surface area contributed by atoms with Crippen molar-refractivity contribution in [3.8, 4) is 11.1 Å². The van der Waals surface area contributed by atoms with Crippen LogP contribution in [0.3, 0.4) is 0 Å². The van der Waals surface area contributed by atoms with Crippen LogP contribution in [0, 0.1) is 0 Å². The molecular weight excluding hydrogens is 268 g/mol. The zero-order valence-electron chi connectivity index (χ0n) is 10.6. The molecule has 0 fully saturated rings. The van der Waals surface area contributed by atoms with Gasteiger partial charge in [-0.15, -0.1) is 0 Å². The van der Waals surface area contributed by atoms with E-state index in [1.165, 1.54) is 17.3 Å². The number of aliphatic imine (C=N–C) groups is 1. The number of benzene rings is 2. The van der Waals surface area contributed by atoms with Crippen LogP contribution >= 0.6 is 11.8 Å². The van der Waals surface area contributed by atoms with Crippen molar-refractivity contribution in [3.63, 3.8) is 0 Å². The zero-order valence-corrected chi connectivity index (χ0v) is 11.4. The van der Waals surface area contributed by atoms with Gasteiger partial charge in [0.2, 0.25) is 0 Å². The first kappa shape index (κ1) is 12.7. The Morgan fingerprint density at radius 1 is 0.950 bits per heavy atom. The van der Waals surface area contributed by atoms with Gasteiger partial charge in [0, 0.05) is 0 Å². The van der Waals surface area contributed by atoms with E-state index in [9.17, 15) is 4.79 Å². The SMILES string of the molecule is NC1=NC(=O)/C(=C\c2ccc(-c3ccccc3)cc2)S1. The summed E-state index contributed by atoms with van der Waals surface area (Å²) in [4.78, 5) is 15.8. The summed E-state index contributed by atoms with van der Waals surface area (Å²) in [6.07, 6.45) is 1.81. The number of hydrogen-bond acceptors (Lipinski definition) is 3. The quantitative estimate of drug-likeness (QED) is 0.859. The van der Waals surface area contributed by atoms with E-state index in [-0.39, 0.29) is 5.91 Å². The third-order valence-electron chi connectivity index (χ3n) is 2.95. The first-order chi connectivity index (χ1) is 9.72. The first-order valence-electron chi connectivity index (χ1n) is 6.16. The van der Waals surface area contributed by atoms with Gasteiger partial charge in [0.25, 0.3) is 5.91 Å². The van der Waals surface area contributed by atoms with Crippen molar-refractivity contribution >= 4 is 28.9 Å². The Bertz CT molecular complexity index is 703. The van der Waals surface area contributed by atoms with E-state index in [1.807, 2.05) is 48.5 Å². The minimum Gasteiger partial charge on any atom is -0.378 e. The number of nitrogens with two attached hydrogens (primary N) is 1. The number of nitrogens with zero attached hydrogens (tertiary/aromatic N) is 1. The summed E-state index contributed by atoms with van der Waals surface area (Å²) < 4.78 is 0. The Morgan fingerprint density at radius 3 is 2.20 bits per heavy atom. The van der Waals surface area contributed by atoms with Crippen LogP contribution < -0.4 is 5.73 Å². The third kappa shape index (κ3) is 2.65. The number of amidine groups is 1. The predicted octanol–water partition coefficient (Wildman–Crippen LogP) is 3.28. The number of rotatable bonds is 2. The molecule has 2 aromatic rings. The van der Waals surface area contributed by atoms with E-state index in [4.69, 9.17) is 5.73 Å². The molecule has 3 nitrogen and oxygen atoms in total. The molecule has 1 heterocycles. The van der Waals surface area contributed by atoms with Crippen LogP contribution in [0.5, 0.6) is 0 Å². The van der Waals surface area contributed by atoms with Crippen LogP contribution in [0.2, 0.25) is 0 Å². The van der Waals surface area contributed by atoms with E-state index >= 15 is 0 Å². The van der Waals surface area contributed by atoms with Crippen LogP contribution in [0.15, 0.2) is 64.5 Å². The Labute approximate surface area is 121 Å². The molecule has 0 saturated heterocycles. The average molecular weight is 280 g/mol. The number of amides is 1. The standard InChI is InChI=1S/C16H12N2OS/c17-16-18-15(19)14(20-16)10-11-6-8-13(9-7-11)12-4-2-1-3-5-12/h1-10H,(H2,17,18,19)/b14-10+. The molecule has 0 bridgehead atoms. The van der Waals surface area contributed by atoms with Gasteiger partial charge < -0.3 is 5.73 Å². The molecule has 0 saturated carbocycles. The van der Waals surface area contributed by atoms with E-state index in [1.54, 1.807) is 0 Å². The molecule has 20 heavy (non-hydrogen) atoms. The van der Waals surface area contributed by atoms with Crippen molar-refractivity contribution in [2.24, 2.45) is 10.7 Å². The second kappa shape index (κ2) is 5.35. The lowest BCUT2D eigenvalue weighted by molar-refractivity contribution is -0.113. The van der Waals surface area contributed by atoms with Gasteiger partial charge in [-0.3, -0.25) is 4.79 Å². The number of carbonyl (C=O) groups excluding carboxylic acids is 1. The van der Waals surface area contributed by atoms with Crippen LogP contribution in [0.25, 0.3) is 17.2 Å². The average Bonchev–Trinajstić information content (AvgIpc) is 2.79. The molecule has 0 radical (unpaired) electrons. The van der Waals surface area contributed by atoms with Crippen LogP contribution in [0.1, 0.15) is 5.56 Å². The maximum atomic E-state index is 11.5. The lowest BCUT2D eigenvalue weighted by Gasteiger charge is -2.02. The second-order valence-electron chi connectivity index (χ2n) is 4.35. The Morgan fingerprint density at radius 2 is 1.60 bits per heavy atom. The summed E-state index contributed by atoms with van der Waals surface area (Å²) in [6.45, 7) is 0. The Balaban J connectivity index is 1.84. The Kier molecular flexibility index (Phi) is 3.39. The highest BCUT2D eigenvalue weighted by atomic mass is 32.2. The molecule has 98 valence electrons. The monoisotopic (exact) mass is 280 g/mol. The maximum Gasteiger partial charge on any atom is 0.286 e. The van der Waals surface area contributed by atoms with Crippen molar-refractivity contribution in [2.75, 3.05) is 0 Å². The van der Waals surface area contributed by atoms with Gasteiger partial charge in [-0.05, 0) is 34.5 Å². The summed E-state index contributed by atoms with van der Waals surface area (Å²) >= 11 is 1.21. The van der Waals surface area contributed by atoms with Crippen molar-refractivity contribution < 1.29 is 4.79 Å². The van der Waals surface area contributed by atoms with Gasteiger partial charge in [-0.25, -0.2) is 0 Å².